The smallest absolute Gasteiger partial charge is 0.356 e. The number of carbonyl (C=O) groups is 3. The molecule has 0 radical (unpaired) electrons. The number of pyridine rings is 2. The number of aromatic nitrogens is 3. The SMILES string of the molecule is COC(=O)c1cccc(C(=O)c2c(-c3ccccc3)nn3cc(CCOC(=O)c4ccccc4)ccc23)n1. The van der Waals surface area contributed by atoms with E-state index in [1.165, 1.54) is 13.2 Å². The van der Waals surface area contributed by atoms with Crippen LogP contribution in [-0.4, -0.2) is 46.0 Å². The summed E-state index contributed by atoms with van der Waals surface area (Å²) in [5.41, 5.74) is 3.74. The van der Waals surface area contributed by atoms with Crippen LogP contribution in [-0.2, 0) is 15.9 Å². The minimum atomic E-state index is -0.625. The van der Waals surface area contributed by atoms with Crippen molar-refractivity contribution in [3.05, 3.63) is 125 Å². The van der Waals surface area contributed by atoms with E-state index in [4.69, 9.17) is 14.6 Å². The van der Waals surface area contributed by atoms with Crippen LogP contribution in [0.1, 0.15) is 42.5 Å². The summed E-state index contributed by atoms with van der Waals surface area (Å²) in [6, 6.07) is 26.5. The molecule has 0 saturated heterocycles. The van der Waals surface area contributed by atoms with Gasteiger partial charge in [-0.15, -0.1) is 0 Å². The Morgan fingerprint density at radius 3 is 2.24 bits per heavy atom. The number of ether oxygens (including phenoxy) is 2. The summed E-state index contributed by atoms with van der Waals surface area (Å²) in [5.74, 6) is -1.37. The number of hydrogen-bond acceptors (Lipinski definition) is 7. The van der Waals surface area contributed by atoms with Crippen LogP contribution in [0.2, 0.25) is 0 Å². The van der Waals surface area contributed by atoms with Gasteiger partial charge in [0.2, 0.25) is 5.78 Å². The molecule has 0 saturated carbocycles. The van der Waals surface area contributed by atoms with E-state index in [0.29, 0.717) is 28.8 Å². The Labute approximate surface area is 218 Å². The Morgan fingerprint density at radius 1 is 0.789 bits per heavy atom. The average molecular weight is 506 g/mol. The van der Waals surface area contributed by atoms with Crippen LogP contribution in [0.15, 0.2) is 97.2 Å². The lowest BCUT2D eigenvalue weighted by molar-refractivity contribution is 0.0508. The van der Waals surface area contributed by atoms with Crippen LogP contribution >= 0.6 is 0 Å². The van der Waals surface area contributed by atoms with Crippen molar-refractivity contribution in [1.82, 2.24) is 14.6 Å². The molecule has 0 N–H and O–H groups in total. The van der Waals surface area contributed by atoms with Gasteiger partial charge in [-0.05, 0) is 35.9 Å². The molecular weight excluding hydrogens is 482 g/mol. The number of methoxy groups -OCH3 is 1. The number of nitrogens with zero attached hydrogens (tertiary/aromatic N) is 3. The Bertz CT molecular complexity index is 1630. The summed E-state index contributed by atoms with van der Waals surface area (Å²) < 4.78 is 11.8. The molecule has 8 nitrogen and oxygen atoms in total. The highest BCUT2D eigenvalue weighted by atomic mass is 16.5. The number of hydrogen-bond donors (Lipinski definition) is 0. The summed E-state index contributed by atoms with van der Waals surface area (Å²) in [7, 11) is 1.26. The van der Waals surface area contributed by atoms with Crippen molar-refractivity contribution in [2.45, 2.75) is 6.42 Å². The third-order valence-electron chi connectivity index (χ3n) is 5.97. The fourth-order valence-corrected chi connectivity index (χ4v) is 4.09. The second-order valence-electron chi connectivity index (χ2n) is 8.44. The van der Waals surface area contributed by atoms with Crippen LogP contribution < -0.4 is 0 Å². The number of rotatable bonds is 8. The van der Waals surface area contributed by atoms with Gasteiger partial charge in [-0.3, -0.25) is 4.79 Å². The number of carbonyl (C=O) groups excluding carboxylic acids is 3. The van der Waals surface area contributed by atoms with E-state index >= 15 is 0 Å². The van der Waals surface area contributed by atoms with Crippen molar-refractivity contribution < 1.29 is 23.9 Å². The van der Waals surface area contributed by atoms with E-state index in [1.807, 2.05) is 54.7 Å². The molecule has 2 aromatic carbocycles. The fraction of sp³-hybridized carbons (Fsp3) is 0.100. The lowest BCUT2D eigenvalue weighted by Gasteiger charge is -2.06. The summed E-state index contributed by atoms with van der Waals surface area (Å²) in [6.07, 6.45) is 2.29. The van der Waals surface area contributed by atoms with Gasteiger partial charge in [0.15, 0.2) is 0 Å². The maximum Gasteiger partial charge on any atom is 0.356 e. The van der Waals surface area contributed by atoms with Gasteiger partial charge in [0.1, 0.15) is 17.1 Å². The zero-order chi connectivity index (χ0) is 26.5. The van der Waals surface area contributed by atoms with Crippen LogP contribution in [0.5, 0.6) is 0 Å². The van der Waals surface area contributed by atoms with Gasteiger partial charge in [-0.1, -0.05) is 60.7 Å². The van der Waals surface area contributed by atoms with Crippen LogP contribution in [0.25, 0.3) is 16.8 Å². The first-order valence-electron chi connectivity index (χ1n) is 11.9. The minimum Gasteiger partial charge on any atom is -0.464 e. The highest BCUT2D eigenvalue weighted by Crippen LogP contribution is 2.28. The maximum atomic E-state index is 13.7. The Hall–Kier alpha value is -5.11. The first-order valence-corrected chi connectivity index (χ1v) is 11.9. The largest absolute Gasteiger partial charge is 0.464 e. The Kier molecular flexibility index (Phi) is 7.04. The molecule has 188 valence electrons. The van der Waals surface area contributed by atoms with Crippen molar-refractivity contribution in [3.63, 3.8) is 0 Å². The van der Waals surface area contributed by atoms with E-state index in [1.54, 1.807) is 40.9 Å². The average Bonchev–Trinajstić information content (AvgIpc) is 3.36. The van der Waals surface area contributed by atoms with Crippen molar-refractivity contribution in [2.75, 3.05) is 13.7 Å². The molecule has 0 spiro atoms. The molecule has 8 heteroatoms. The van der Waals surface area contributed by atoms with Crippen molar-refractivity contribution in [2.24, 2.45) is 0 Å². The fourth-order valence-electron chi connectivity index (χ4n) is 4.09. The van der Waals surface area contributed by atoms with Gasteiger partial charge >= 0.3 is 11.9 Å². The molecule has 0 amide bonds. The Balaban J connectivity index is 1.47. The number of ketones is 1. The molecule has 3 aromatic heterocycles. The molecule has 0 fully saturated rings. The molecule has 38 heavy (non-hydrogen) atoms. The molecule has 0 bridgehead atoms. The number of esters is 2. The molecule has 0 aliphatic carbocycles. The standard InChI is InChI=1S/C30H23N3O5/c1-37-30(36)24-14-8-13-23(31-24)28(34)26-25-16-15-20(17-18-38-29(35)22-11-6-3-7-12-22)19-33(25)32-27(26)21-9-4-2-5-10-21/h2-16,19H,17-18H2,1H3. The second kappa shape index (κ2) is 10.9. The van der Waals surface area contributed by atoms with E-state index in [2.05, 4.69) is 4.98 Å². The summed E-state index contributed by atoms with van der Waals surface area (Å²) >= 11 is 0. The van der Waals surface area contributed by atoms with Crippen LogP contribution in [0.4, 0.5) is 0 Å². The molecule has 5 rings (SSSR count). The van der Waals surface area contributed by atoms with Crippen LogP contribution in [0, 0.1) is 0 Å². The molecule has 0 unspecified atom stereocenters. The summed E-state index contributed by atoms with van der Waals surface area (Å²) in [4.78, 5) is 42.2. The second-order valence-corrected chi connectivity index (χ2v) is 8.44. The first kappa shape index (κ1) is 24.6. The summed E-state index contributed by atoms with van der Waals surface area (Å²) in [6.45, 7) is 0.197. The number of benzene rings is 2. The number of fused-ring (bicyclic) bond motifs is 1. The van der Waals surface area contributed by atoms with E-state index in [9.17, 15) is 14.4 Å². The van der Waals surface area contributed by atoms with Gasteiger partial charge in [-0.2, -0.15) is 5.10 Å². The topological polar surface area (TPSA) is 99.9 Å². The lowest BCUT2D eigenvalue weighted by Crippen LogP contribution is -2.10. The van der Waals surface area contributed by atoms with E-state index in [0.717, 1.165) is 11.1 Å². The molecule has 0 atom stereocenters. The minimum absolute atomic E-state index is 0.0448. The molecule has 0 aliphatic heterocycles. The summed E-state index contributed by atoms with van der Waals surface area (Å²) in [5, 5.41) is 4.72. The highest BCUT2D eigenvalue weighted by molar-refractivity contribution is 6.16. The Morgan fingerprint density at radius 2 is 1.50 bits per heavy atom. The normalized spacial score (nSPS) is 10.8. The van der Waals surface area contributed by atoms with Crippen molar-refractivity contribution in [3.8, 4) is 11.3 Å². The zero-order valence-electron chi connectivity index (χ0n) is 20.5. The molecule has 5 aromatic rings. The van der Waals surface area contributed by atoms with Gasteiger partial charge in [-0.25, -0.2) is 19.1 Å². The third kappa shape index (κ3) is 5.05. The monoisotopic (exact) mass is 505 g/mol. The maximum absolute atomic E-state index is 13.7. The van der Waals surface area contributed by atoms with Gasteiger partial charge in [0, 0.05) is 18.2 Å². The lowest BCUT2D eigenvalue weighted by atomic mass is 10.0. The molecule has 0 aliphatic rings. The highest BCUT2D eigenvalue weighted by Gasteiger charge is 2.24. The molecular formula is C30H23N3O5. The molecule has 3 heterocycles. The van der Waals surface area contributed by atoms with Gasteiger partial charge in [0.25, 0.3) is 0 Å². The van der Waals surface area contributed by atoms with Crippen LogP contribution in [0.3, 0.4) is 0 Å². The zero-order valence-corrected chi connectivity index (χ0v) is 20.5. The van der Waals surface area contributed by atoms with Gasteiger partial charge in [0.05, 0.1) is 30.4 Å². The predicted molar refractivity (Wildman–Crippen MR) is 140 cm³/mol. The first-order chi connectivity index (χ1) is 18.5. The van der Waals surface area contributed by atoms with Crippen molar-refractivity contribution in [1.29, 1.82) is 0 Å². The van der Waals surface area contributed by atoms with Gasteiger partial charge < -0.3 is 9.47 Å². The predicted octanol–water partition coefficient (Wildman–Crippen LogP) is 4.81. The van der Waals surface area contributed by atoms with Crippen molar-refractivity contribution >= 4 is 23.2 Å². The quantitative estimate of drug-likeness (QED) is 0.220. The van der Waals surface area contributed by atoms with E-state index < -0.39 is 5.97 Å². The van der Waals surface area contributed by atoms with E-state index in [-0.39, 0.29) is 29.7 Å². The third-order valence-corrected chi connectivity index (χ3v) is 5.97.